The Balaban J connectivity index is 1.49. The summed E-state index contributed by atoms with van der Waals surface area (Å²) in [6.07, 6.45) is 5.24. The van der Waals surface area contributed by atoms with Crippen LogP contribution < -0.4 is 0 Å². The van der Waals surface area contributed by atoms with Crippen LogP contribution in [-0.4, -0.2) is 56.6 Å². The molecule has 1 N–H and O–H groups in total. The van der Waals surface area contributed by atoms with Crippen molar-refractivity contribution >= 4 is 10.8 Å². The summed E-state index contributed by atoms with van der Waals surface area (Å²) >= 11 is 0. The fourth-order valence-electron chi connectivity index (χ4n) is 4.05. The number of aromatic amines is 1. The van der Waals surface area contributed by atoms with Crippen molar-refractivity contribution in [1.29, 1.82) is 0 Å². The standard InChI is InChI=1S/C26H26N4O2S/c1-33(31)23-4-2-3-22(17-23)25-24(20-9-11-27-12-10-20)28-26(29-25)21-7-5-19(6-8-21)18-30-13-15-32-16-14-30/h2-12,17H,13-16,18H2,1H3,(H,28,29). The van der Waals surface area contributed by atoms with E-state index < -0.39 is 10.8 Å². The van der Waals surface area contributed by atoms with Gasteiger partial charge >= 0.3 is 0 Å². The van der Waals surface area contributed by atoms with Gasteiger partial charge in [0.25, 0.3) is 0 Å². The van der Waals surface area contributed by atoms with E-state index in [0.29, 0.717) is 0 Å². The third-order valence-corrected chi connectivity index (χ3v) is 6.77. The number of nitrogens with zero attached hydrogens (tertiary/aromatic N) is 3. The first-order valence-corrected chi connectivity index (χ1v) is 12.6. The molecule has 4 aromatic rings. The van der Waals surface area contributed by atoms with Crippen molar-refractivity contribution in [3.05, 3.63) is 78.6 Å². The van der Waals surface area contributed by atoms with E-state index in [0.717, 1.165) is 71.6 Å². The van der Waals surface area contributed by atoms with Gasteiger partial charge in [0.1, 0.15) is 5.82 Å². The van der Waals surface area contributed by atoms with Gasteiger partial charge in [0.15, 0.2) is 0 Å². The summed E-state index contributed by atoms with van der Waals surface area (Å²) in [5, 5.41) is 0. The van der Waals surface area contributed by atoms with Crippen molar-refractivity contribution in [2.45, 2.75) is 11.4 Å². The monoisotopic (exact) mass is 458 g/mol. The minimum Gasteiger partial charge on any atom is -0.379 e. The maximum atomic E-state index is 12.0. The molecule has 1 saturated heterocycles. The zero-order chi connectivity index (χ0) is 22.6. The van der Waals surface area contributed by atoms with Crippen LogP contribution in [0.5, 0.6) is 0 Å². The first kappa shape index (κ1) is 21.7. The SMILES string of the molecule is CS(=O)c1cccc(-c2nc(-c3ccc(CN4CCOCC4)cc3)[nH]c2-c2ccncc2)c1. The molecule has 6 nitrogen and oxygen atoms in total. The fraction of sp³-hybridized carbons (Fsp3) is 0.231. The van der Waals surface area contributed by atoms with Gasteiger partial charge in [-0.15, -0.1) is 0 Å². The van der Waals surface area contributed by atoms with Gasteiger partial charge in [-0.25, -0.2) is 4.98 Å². The third-order valence-electron chi connectivity index (χ3n) is 5.85. The lowest BCUT2D eigenvalue weighted by Gasteiger charge is -2.26. The van der Waals surface area contributed by atoms with Crippen molar-refractivity contribution in [3.63, 3.8) is 0 Å². The molecule has 0 spiro atoms. The Hall–Kier alpha value is -3.13. The van der Waals surface area contributed by atoms with Gasteiger partial charge in [0.05, 0.1) is 24.6 Å². The lowest BCUT2D eigenvalue weighted by Crippen LogP contribution is -2.35. The molecule has 5 rings (SSSR count). The molecule has 168 valence electrons. The van der Waals surface area contributed by atoms with Crippen LogP contribution in [0.2, 0.25) is 0 Å². The second-order valence-corrected chi connectivity index (χ2v) is 9.49. The zero-order valence-electron chi connectivity index (χ0n) is 18.5. The van der Waals surface area contributed by atoms with Crippen LogP contribution in [0.3, 0.4) is 0 Å². The minimum absolute atomic E-state index is 0.783. The first-order chi connectivity index (χ1) is 16.2. The Morgan fingerprint density at radius 1 is 0.970 bits per heavy atom. The van der Waals surface area contributed by atoms with Crippen molar-refractivity contribution in [3.8, 4) is 33.9 Å². The number of hydrogen-bond donors (Lipinski definition) is 1. The molecule has 1 fully saturated rings. The van der Waals surface area contributed by atoms with Crippen LogP contribution in [0.25, 0.3) is 33.9 Å². The van der Waals surface area contributed by atoms with E-state index in [-0.39, 0.29) is 0 Å². The van der Waals surface area contributed by atoms with Gasteiger partial charge in [0.2, 0.25) is 0 Å². The van der Waals surface area contributed by atoms with E-state index in [2.05, 4.69) is 39.1 Å². The summed E-state index contributed by atoms with van der Waals surface area (Å²) in [6.45, 7) is 4.48. The molecule has 0 amide bonds. The van der Waals surface area contributed by atoms with Crippen LogP contribution in [0.4, 0.5) is 0 Å². The number of hydrogen-bond acceptors (Lipinski definition) is 5. The molecule has 1 atom stereocenters. The highest BCUT2D eigenvalue weighted by molar-refractivity contribution is 7.84. The molecule has 33 heavy (non-hydrogen) atoms. The molecule has 0 saturated carbocycles. The number of pyridine rings is 1. The van der Waals surface area contributed by atoms with E-state index in [1.165, 1.54) is 5.56 Å². The van der Waals surface area contributed by atoms with Gasteiger partial charge in [0, 0.05) is 70.7 Å². The largest absolute Gasteiger partial charge is 0.379 e. The second-order valence-electron chi connectivity index (χ2n) is 8.11. The molecule has 0 radical (unpaired) electrons. The van der Waals surface area contributed by atoms with E-state index in [9.17, 15) is 4.21 Å². The fourth-order valence-corrected chi connectivity index (χ4v) is 4.62. The molecule has 7 heteroatoms. The summed E-state index contributed by atoms with van der Waals surface area (Å²) in [6, 6.07) is 20.3. The number of H-pyrrole nitrogens is 1. The van der Waals surface area contributed by atoms with Crippen LogP contribution in [-0.2, 0) is 22.1 Å². The van der Waals surface area contributed by atoms with E-state index in [1.807, 2.05) is 36.4 Å². The van der Waals surface area contributed by atoms with Crippen molar-refractivity contribution in [2.75, 3.05) is 32.6 Å². The molecule has 1 aliphatic heterocycles. The summed E-state index contributed by atoms with van der Waals surface area (Å²) in [5.41, 5.74) is 5.99. The smallest absolute Gasteiger partial charge is 0.138 e. The van der Waals surface area contributed by atoms with Crippen molar-refractivity contribution in [1.82, 2.24) is 19.9 Å². The first-order valence-electron chi connectivity index (χ1n) is 11.0. The maximum Gasteiger partial charge on any atom is 0.138 e. The second kappa shape index (κ2) is 9.79. The molecule has 0 bridgehead atoms. The van der Waals surface area contributed by atoms with Crippen molar-refractivity contribution < 1.29 is 8.95 Å². The van der Waals surface area contributed by atoms with Crippen LogP contribution in [0.15, 0.2) is 78.0 Å². The predicted molar refractivity (Wildman–Crippen MR) is 131 cm³/mol. The Kier molecular flexibility index (Phi) is 6.44. The van der Waals surface area contributed by atoms with Crippen LogP contribution in [0.1, 0.15) is 5.56 Å². The summed E-state index contributed by atoms with van der Waals surface area (Å²) < 4.78 is 17.5. The predicted octanol–water partition coefficient (Wildman–Crippen LogP) is 4.38. The number of nitrogens with one attached hydrogen (secondary N) is 1. The van der Waals surface area contributed by atoms with Gasteiger partial charge in [-0.1, -0.05) is 36.4 Å². The summed E-state index contributed by atoms with van der Waals surface area (Å²) in [5.74, 6) is 0.803. The van der Waals surface area contributed by atoms with Crippen molar-refractivity contribution in [2.24, 2.45) is 0 Å². The lowest BCUT2D eigenvalue weighted by atomic mass is 10.1. The number of ether oxygens (including phenoxy) is 1. The number of morpholine rings is 1. The maximum absolute atomic E-state index is 12.0. The molecule has 2 aromatic carbocycles. The Labute approximate surface area is 196 Å². The topological polar surface area (TPSA) is 71.1 Å². The Bertz CT molecular complexity index is 1250. The average Bonchev–Trinajstić information content (AvgIpc) is 3.31. The number of imidazole rings is 1. The third kappa shape index (κ3) is 4.95. The number of rotatable bonds is 6. The van der Waals surface area contributed by atoms with Gasteiger partial charge < -0.3 is 9.72 Å². The summed E-state index contributed by atoms with van der Waals surface area (Å²) in [4.78, 5) is 15.8. The van der Waals surface area contributed by atoms with E-state index >= 15 is 0 Å². The molecular weight excluding hydrogens is 432 g/mol. The van der Waals surface area contributed by atoms with Gasteiger partial charge in [-0.05, 0) is 29.8 Å². The number of aromatic nitrogens is 3. The molecular formula is C26H26N4O2S. The highest BCUT2D eigenvalue weighted by atomic mass is 32.2. The quantitative estimate of drug-likeness (QED) is 0.464. The molecule has 2 aromatic heterocycles. The molecule has 1 unspecified atom stereocenters. The van der Waals surface area contributed by atoms with Crippen LogP contribution in [0, 0.1) is 0 Å². The van der Waals surface area contributed by atoms with E-state index in [4.69, 9.17) is 9.72 Å². The number of benzene rings is 2. The zero-order valence-corrected chi connectivity index (χ0v) is 19.3. The summed E-state index contributed by atoms with van der Waals surface area (Å²) in [7, 11) is -1.06. The lowest BCUT2D eigenvalue weighted by molar-refractivity contribution is 0.0342. The van der Waals surface area contributed by atoms with Crippen LogP contribution >= 0.6 is 0 Å². The normalized spacial score (nSPS) is 15.4. The highest BCUT2D eigenvalue weighted by Crippen LogP contribution is 2.33. The minimum atomic E-state index is -1.06. The Morgan fingerprint density at radius 3 is 2.45 bits per heavy atom. The highest BCUT2D eigenvalue weighted by Gasteiger charge is 2.17. The average molecular weight is 459 g/mol. The van der Waals surface area contributed by atoms with Gasteiger partial charge in [-0.2, -0.15) is 0 Å². The molecule has 0 aliphatic carbocycles. The molecule has 1 aliphatic rings. The molecule has 3 heterocycles. The van der Waals surface area contributed by atoms with Gasteiger partial charge in [-0.3, -0.25) is 14.1 Å². The van der Waals surface area contributed by atoms with E-state index in [1.54, 1.807) is 18.6 Å². The Morgan fingerprint density at radius 2 is 1.73 bits per heavy atom.